The highest BCUT2D eigenvalue weighted by atomic mass is 35.5. The quantitative estimate of drug-likeness (QED) is 0.857. The number of hydrogen-bond acceptors (Lipinski definition) is 3. The number of piperidine rings is 1. The number of likely N-dealkylation sites (tertiary alicyclic amines) is 1. The van der Waals surface area contributed by atoms with Crippen LogP contribution in [-0.2, 0) is 6.54 Å². The number of hydrogen-bond donors (Lipinski definition) is 1. The van der Waals surface area contributed by atoms with Crippen LogP contribution in [0.25, 0.3) is 0 Å². The molecule has 0 saturated carbocycles. The number of para-hydroxylation sites is 1. The Morgan fingerprint density at radius 1 is 1.22 bits per heavy atom. The van der Waals surface area contributed by atoms with Gasteiger partial charge in [-0.3, -0.25) is 9.69 Å². The molecule has 0 amide bonds. The predicted molar refractivity (Wildman–Crippen MR) is 91.9 cm³/mol. The summed E-state index contributed by atoms with van der Waals surface area (Å²) in [7, 11) is 0. The van der Waals surface area contributed by atoms with Crippen molar-refractivity contribution in [3.63, 3.8) is 0 Å². The Morgan fingerprint density at radius 2 is 2.04 bits per heavy atom. The van der Waals surface area contributed by atoms with Gasteiger partial charge >= 0.3 is 0 Å². The summed E-state index contributed by atoms with van der Waals surface area (Å²) in [5.74, 6) is 0.471. The minimum atomic E-state index is -0.00642. The molecule has 2 aromatic carbocycles. The summed E-state index contributed by atoms with van der Waals surface area (Å²) in [6, 6.07) is 14.5. The fraction of sp³-hybridized carbons (Fsp3) is 0.316. The molecular formula is C19H20ClNO2. The highest BCUT2D eigenvalue weighted by Crippen LogP contribution is 2.25. The lowest BCUT2D eigenvalue weighted by Crippen LogP contribution is -2.38. The van der Waals surface area contributed by atoms with Crippen LogP contribution in [0.5, 0.6) is 5.75 Å². The molecule has 1 saturated heterocycles. The summed E-state index contributed by atoms with van der Waals surface area (Å²) in [6.45, 7) is 2.35. The van der Waals surface area contributed by atoms with Gasteiger partial charge in [0.25, 0.3) is 0 Å². The molecule has 0 aliphatic carbocycles. The van der Waals surface area contributed by atoms with Crippen LogP contribution in [0.15, 0.2) is 48.5 Å². The average molecular weight is 330 g/mol. The van der Waals surface area contributed by atoms with Crippen LogP contribution >= 0.6 is 11.6 Å². The van der Waals surface area contributed by atoms with E-state index >= 15 is 0 Å². The van der Waals surface area contributed by atoms with Crippen LogP contribution in [0, 0.1) is 5.92 Å². The average Bonchev–Trinajstić information content (AvgIpc) is 2.56. The number of nitrogens with zero attached hydrogens (tertiary/aromatic N) is 1. The molecule has 120 valence electrons. The first kappa shape index (κ1) is 16.0. The van der Waals surface area contributed by atoms with Gasteiger partial charge in [0.05, 0.1) is 0 Å². The Kier molecular flexibility index (Phi) is 4.99. The van der Waals surface area contributed by atoms with Crippen LogP contribution in [0.3, 0.4) is 0 Å². The van der Waals surface area contributed by atoms with Crippen LogP contribution in [0.4, 0.5) is 0 Å². The van der Waals surface area contributed by atoms with E-state index < -0.39 is 0 Å². The first-order valence-electron chi connectivity index (χ1n) is 7.92. The summed E-state index contributed by atoms with van der Waals surface area (Å²) < 4.78 is 0. The van der Waals surface area contributed by atoms with Gasteiger partial charge in [-0.05, 0) is 37.6 Å². The summed E-state index contributed by atoms with van der Waals surface area (Å²) in [6.07, 6.45) is 1.90. The van der Waals surface area contributed by atoms with Crippen molar-refractivity contribution in [3.05, 3.63) is 64.7 Å². The van der Waals surface area contributed by atoms with E-state index in [4.69, 9.17) is 11.6 Å². The highest BCUT2D eigenvalue weighted by Gasteiger charge is 2.27. The zero-order valence-corrected chi connectivity index (χ0v) is 13.7. The molecule has 1 atom stereocenters. The second-order valence-corrected chi connectivity index (χ2v) is 6.51. The molecule has 1 fully saturated rings. The second-order valence-electron chi connectivity index (χ2n) is 6.08. The number of aromatic hydroxyl groups is 1. The van der Waals surface area contributed by atoms with Crippen LogP contribution < -0.4 is 0 Å². The molecule has 3 nitrogen and oxygen atoms in total. The number of carbonyl (C=O) groups is 1. The summed E-state index contributed by atoms with van der Waals surface area (Å²) >= 11 is 5.99. The Hall–Kier alpha value is -1.84. The number of rotatable bonds is 4. The van der Waals surface area contributed by atoms with Gasteiger partial charge in [-0.25, -0.2) is 0 Å². The standard InChI is InChI=1S/C19H20ClNO2/c20-17-8-3-6-14(11-17)19(23)16-7-4-10-21(13-16)12-15-5-1-2-9-18(15)22/h1-3,5-6,8-9,11,16,22H,4,7,10,12-13H2/t16-/m0/s1. The predicted octanol–water partition coefficient (Wildman–Crippen LogP) is 4.14. The number of Topliss-reactive ketones (excluding diaryl/α,β-unsaturated/α-hetero) is 1. The summed E-state index contributed by atoms with van der Waals surface area (Å²) in [5.41, 5.74) is 1.59. The fourth-order valence-electron chi connectivity index (χ4n) is 3.18. The normalized spacial score (nSPS) is 18.7. The van der Waals surface area contributed by atoms with Crippen LogP contribution in [0.2, 0.25) is 5.02 Å². The van der Waals surface area contributed by atoms with E-state index in [1.54, 1.807) is 18.2 Å². The molecule has 0 spiro atoms. The second kappa shape index (κ2) is 7.16. The summed E-state index contributed by atoms with van der Waals surface area (Å²) in [4.78, 5) is 14.9. The molecule has 1 aliphatic rings. The number of benzene rings is 2. The first-order chi connectivity index (χ1) is 11.1. The van der Waals surface area contributed by atoms with Crippen molar-refractivity contribution in [1.29, 1.82) is 0 Å². The van der Waals surface area contributed by atoms with E-state index in [0.29, 0.717) is 22.9 Å². The van der Waals surface area contributed by atoms with Gasteiger partial charge in [-0.1, -0.05) is 41.9 Å². The zero-order chi connectivity index (χ0) is 16.2. The Balaban J connectivity index is 1.68. The first-order valence-corrected chi connectivity index (χ1v) is 8.30. The third-order valence-corrected chi connectivity index (χ3v) is 4.61. The van der Waals surface area contributed by atoms with Crippen molar-refractivity contribution < 1.29 is 9.90 Å². The maximum Gasteiger partial charge on any atom is 0.167 e. The zero-order valence-electron chi connectivity index (χ0n) is 12.9. The van der Waals surface area contributed by atoms with Gasteiger partial charge in [0.2, 0.25) is 0 Å². The fourth-order valence-corrected chi connectivity index (χ4v) is 3.37. The van der Waals surface area contributed by atoms with Gasteiger partial charge < -0.3 is 5.11 Å². The van der Waals surface area contributed by atoms with E-state index in [-0.39, 0.29) is 11.7 Å². The lowest BCUT2D eigenvalue weighted by Gasteiger charge is -2.32. The number of halogens is 1. The summed E-state index contributed by atoms with van der Waals surface area (Å²) in [5, 5.41) is 10.5. The molecule has 0 bridgehead atoms. The molecule has 0 radical (unpaired) electrons. The van der Waals surface area contributed by atoms with E-state index in [1.165, 1.54) is 0 Å². The smallest absolute Gasteiger partial charge is 0.167 e. The van der Waals surface area contributed by atoms with E-state index in [1.807, 2.05) is 30.3 Å². The Labute approximate surface area is 141 Å². The third-order valence-electron chi connectivity index (χ3n) is 4.37. The van der Waals surface area contributed by atoms with Crippen LogP contribution in [-0.4, -0.2) is 28.9 Å². The van der Waals surface area contributed by atoms with E-state index in [0.717, 1.165) is 31.5 Å². The molecule has 23 heavy (non-hydrogen) atoms. The van der Waals surface area contributed by atoms with Crippen molar-refractivity contribution in [3.8, 4) is 5.75 Å². The van der Waals surface area contributed by atoms with Gasteiger partial charge in [-0.2, -0.15) is 0 Å². The van der Waals surface area contributed by atoms with Crippen molar-refractivity contribution >= 4 is 17.4 Å². The monoisotopic (exact) mass is 329 g/mol. The maximum atomic E-state index is 12.7. The molecule has 3 rings (SSSR count). The molecule has 0 aromatic heterocycles. The van der Waals surface area contributed by atoms with Crippen molar-refractivity contribution in [1.82, 2.24) is 4.90 Å². The Morgan fingerprint density at radius 3 is 2.83 bits per heavy atom. The van der Waals surface area contributed by atoms with Gasteiger partial charge in [0, 0.05) is 35.2 Å². The van der Waals surface area contributed by atoms with Crippen molar-refractivity contribution in [2.75, 3.05) is 13.1 Å². The molecule has 1 N–H and O–H groups in total. The molecule has 1 aliphatic heterocycles. The lowest BCUT2D eigenvalue weighted by molar-refractivity contribution is 0.0811. The van der Waals surface area contributed by atoms with Gasteiger partial charge in [0.1, 0.15) is 5.75 Å². The van der Waals surface area contributed by atoms with Crippen LogP contribution in [0.1, 0.15) is 28.8 Å². The van der Waals surface area contributed by atoms with E-state index in [2.05, 4.69) is 4.90 Å². The van der Waals surface area contributed by atoms with Gasteiger partial charge in [-0.15, -0.1) is 0 Å². The SMILES string of the molecule is O=C(c1cccc(Cl)c1)[C@H]1CCCN(Cc2ccccc2O)C1. The van der Waals surface area contributed by atoms with Crippen molar-refractivity contribution in [2.45, 2.75) is 19.4 Å². The highest BCUT2D eigenvalue weighted by molar-refractivity contribution is 6.31. The minimum Gasteiger partial charge on any atom is -0.508 e. The minimum absolute atomic E-state index is 0.00642. The largest absolute Gasteiger partial charge is 0.508 e. The molecule has 0 unspecified atom stereocenters. The molecule has 1 heterocycles. The van der Waals surface area contributed by atoms with Gasteiger partial charge in [0.15, 0.2) is 5.78 Å². The number of phenols is 1. The van der Waals surface area contributed by atoms with E-state index in [9.17, 15) is 9.90 Å². The molecular weight excluding hydrogens is 310 g/mol. The number of carbonyl (C=O) groups excluding carboxylic acids is 1. The number of phenolic OH excluding ortho intramolecular Hbond substituents is 1. The third kappa shape index (κ3) is 3.92. The van der Waals surface area contributed by atoms with Crippen molar-refractivity contribution in [2.24, 2.45) is 5.92 Å². The lowest BCUT2D eigenvalue weighted by atomic mass is 9.90. The maximum absolute atomic E-state index is 12.7. The Bertz CT molecular complexity index is 701. The topological polar surface area (TPSA) is 40.5 Å². The molecule has 4 heteroatoms. The number of ketones is 1. The molecule has 2 aromatic rings.